The molecule has 0 bridgehead atoms. The van der Waals surface area contributed by atoms with Gasteiger partial charge in [0.25, 0.3) is 0 Å². The zero-order valence-electron chi connectivity index (χ0n) is 17.8. The Morgan fingerprint density at radius 3 is 2.69 bits per heavy atom. The van der Waals surface area contributed by atoms with E-state index in [1.165, 1.54) is 5.57 Å². The van der Waals surface area contributed by atoms with Gasteiger partial charge in [-0.25, -0.2) is 0 Å². The third-order valence-corrected chi connectivity index (χ3v) is 5.92. The molecule has 1 heterocycles. The van der Waals surface area contributed by atoms with Crippen LogP contribution in [0.25, 0.3) is 11.5 Å². The number of benzene rings is 1. The third-order valence-electron chi connectivity index (χ3n) is 5.92. The third kappa shape index (κ3) is 5.27. The van der Waals surface area contributed by atoms with Gasteiger partial charge in [-0.2, -0.15) is 0 Å². The Morgan fingerprint density at radius 1 is 1.28 bits per heavy atom. The Balaban J connectivity index is 1.70. The van der Waals surface area contributed by atoms with Gasteiger partial charge in [0.1, 0.15) is 5.75 Å². The molecule has 0 saturated carbocycles. The van der Waals surface area contributed by atoms with E-state index in [2.05, 4.69) is 48.3 Å². The van der Waals surface area contributed by atoms with Crippen molar-refractivity contribution in [2.45, 2.75) is 33.6 Å². The number of nitrogens with one attached hydrogen (secondary N) is 1. The minimum atomic E-state index is 0.426. The lowest BCUT2D eigenvalue weighted by molar-refractivity contribution is 0.220. The number of terminal acetylenes is 1. The van der Waals surface area contributed by atoms with E-state index in [-0.39, 0.29) is 0 Å². The average molecular weight is 394 g/mol. The van der Waals surface area contributed by atoms with Gasteiger partial charge in [-0.3, -0.25) is 0 Å². The molecule has 2 aromatic rings. The second kappa shape index (κ2) is 9.76. The van der Waals surface area contributed by atoms with Gasteiger partial charge in [0, 0.05) is 18.5 Å². The molecule has 0 saturated heterocycles. The van der Waals surface area contributed by atoms with E-state index in [4.69, 9.17) is 15.6 Å². The molecule has 5 heteroatoms. The molecular formula is C24H31N3O2. The molecule has 1 N–H and O–H groups in total. The van der Waals surface area contributed by atoms with E-state index >= 15 is 0 Å². The normalized spacial score (nSPS) is 21.7. The SMILES string of the molecule is C#CCNCC1C=C(C)C(Cc2nnc(-c3ccc(OC)cc3)o2)CC1C(C)C. The largest absolute Gasteiger partial charge is 0.497 e. The average Bonchev–Trinajstić information content (AvgIpc) is 3.18. The Bertz CT molecular complexity index is 861. The molecule has 1 aromatic heterocycles. The van der Waals surface area contributed by atoms with Crippen LogP contribution in [0.5, 0.6) is 5.75 Å². The maximum absolute atomic E-state index is 5.97. The van der Waals surface area contributed by atoms with E-state index in [0.717, 1.165) is 30.7 Å². The van der Waals surface area contributed by atoms with Gasteiger partial charge in [0.05, 0.1) is 13.7 Å². The smallest absolute Gasteiger partial charge is 0.247 e. The fraction of sp³-hybridized carbons (Fsp3) is 0.500. The molecule has 0 spiro atoms. The summed E-state index contributed by atoms with van der Waals surface area (Å²) in [6.07, 6.45) is 9.70. The van der Waals surface area contributed by atoms with Crippen molar-refractivity contribution in [2.24, 2.45) is 23.7 Å². The summed E-state index contributed by atoms with van der Waals surface area (Å²) in [5.41, 5.74) is 2.30. The van der Waals surface area contributed by atoms with Crippen molar-refractivity contribution < 1.29 is 9.15 Å². The first-order valence-corrected chi connectivity index (χ1v) is 10.3. The molecule has 0 aliphatic heterocycles. The topological polar surface area (TPSA) is 60.2 Å². The molecule has 5 nitrogen and oxygen atoms in total. The summed E-state index contributed by atoms with van der Waals surface area (Å²) < 4.78 is 11.2. The van der Waals surface area contributed by atoms with Gasteiger partial charge < -0.3 is 14.5 Å². The van der Waals surface area contributed by atoms with Crippen LogP contribution in [0.3, 0.4) is 0 Å². The van der Waals surface area contributed by atoms with Crippen molar-refractivity contribution in [1.29, 1.82) is 0 Å². The molecule has 3 rings (SSSR count). The first-order chi connectivity index (χ1) is 14.0. The summed E-state index contributed by atoms with van der Waals surface area (Å²) in [5.74, 6) is 6.87. The number of nitrogens with zero attached hydrogens (tertiary/aromatic N) is 2. The first kappa shape index (κ1) is 21.1. The van der Waals surface area contributed by atoms with Crippen molar-refractivity contribution in [3.8, 4) is 29.5 Å². The molecule has 154 valence electrons. The number of methoxy groups -OCH3 is 1. The highest BCUT2D eigenvalue weighted by Gasteiger charge is 2.32. The lowest BCUT2D eigenvalue weighted by atomic mass is 9.70. The predicted molar refractivity (Wildman–Crippen MR) is 115 cm³/mol. The summed E-state index contributed by atoms with van der Waals surface area (Å²) in [6.45, 7) is 8.38. The summed E-state index contributed by atoms with van der Waals surface area (Å²) >= 11 is 0. The quantitative estimate of drug-likeness (QED) is 0.410. The van der Waals surface area contributed by atoms with Crippen LogP contribution in [0.2, 0.25) is 0 Å². The number of aromatic nitrogens is 2. The van der Waals surface area contributed by atoms with Crippen LogP contribution >= 0.6 is 0 Å². The van der Waals surface area contributed by atoms with Crippen molar-refractivity contribution in [3.63, 3.8) is 0 Å². The summed E-state index contributed by atoms with van der Waals surface area (Å²) in [6, 6.07) is 7.67. The minimum absolute atomic E-state index is 0.426. The Kier molecular flexibility index (Phi) is 7.11. The Hall–Kier alpha value is -2.58. The number of ether oxygens (including phenoxy) is 1. The number of allylic oxidation sites excluding steroid dienone is 1. The van der Waals surface area contributed by atoms with Gasteiger partial charge in [0.2, 0.25) is 11.8 Å². The van der Waals surface area contributed by atoms with E-state index in [1.807, 2.05) is 24.3 Å². The molecule has 0 radical (unpaired) electrons. The van der Waals surface area contributed by atoms with E-state index in [0.29, 0.717) is 42.0 Å². The van der Waals surface area contributed by atoms with Crippen LogP contribution in [0.15, 0.2) is 40.3 Å². The van der Waals surface area contributed by atoms with Gasteiger partial charge in [-0.1, -0.05) is 31.4 Å². The summed E-state index contributed by atoms with van der Waals surface area (Å²) in [4.78, 5) is 0. The van der Waals surface area contributed by atoms with E-state index < -0.39 is 0 Å². The van der Waals surface area contributed by atoms with Gasteiger partial charge in [0.15, 0.2) is 0 Å². The number of hydrogen-bond donors (Lipinski definition) is 1. The summed E-state index contributed by atoms with van der Waals surface area (Å²) in [5, 5.41) is 11.9. The molecule has 3 unspecified atom stereocenters. The zero-order valence-corrected chi connectivity index (χ0v) is 17.8. The lowest BCUT2D eigenvalue weighted by Gasteiger charge is -2.37. The molecule has 1 aliphatic rings. The first-order valence-electron chi connectivity index (χ1n) is 10.3. The van der Waals surface area contributed by atoms with Crippen molar-refractivity contribution in [2.75, 3.05) is 20.2 Å². The monoisotopic (exact) mass is 393 g/mol. The maximum atomic E-state index is 5.97. The molecular weight excluding hydrogens is 362 g/mol. The lowest BCUT2D eigenvalue weighted by Crippen LogP contribution is -2.35. The Labute approximate surface area is 173 Å². The second-order valence-corrected chi connectivity index (χ2v) is 8.18. The van der Waals surface area contributed by atoms with Crippen LogP contribution in [0.1, 0.15) is 33.1 Å². The molecule has 0 fully saturated rings. The highest BCUT2D eigenvalue weighted by Crippen LogP contribution is 2.38. The zero-order chi connectivity index (χ0) is 20.8. The molecule has 1 aromatic carbocycles. The predicted octanol–water partition coefficient (Wildman–Crippen LogP) is 4.37. The van der Waals surface area contributed by atoms with Crippen LogP contribution in [-0.2, 0) is 6.42 Å². The Morgan fingerprint density at radius 2 is 2.03 bits per heavy atom. The van der Waals surface area contributed by atoms with Crippen molar-refractivity contribution >= 4 is 0 Å². The summed E-state index contributed by atoms with van der Waals surface area (Å²) in [7, 11) is 1.65. The van der Waals surface area contributed by atoms with Crippen molar-refractivity contribution in [1.82, 2.24) is 15.5 Å². The van der Waals surface area contributed by atoms with E-state index in [1.54, 1.807) is 7.11 Å². The highest BCUT2D eigenvalue weighted by atomic mass is 16.5. The van der Waals surface area contributed by atoms with Gasteiger partial charge in [-0.05, 0) is 61.3 Å². The molecule has 3 atom stereocenters. The van der Waals surface area contributed by atoms with Crippen LogP contribution < -0.4 is 10.1 Å². The molecule has 29 heavy (non-hydrogen) atoms. The maximum Gasteiger partial charge on any atom is 0.247 e. The van der Waals surface area contributed by atoms with Crippen LogP contribution in [-0.4, -0.2) is 30.4 Å². The minimum Gasteiger partial charge on any atom is -0.497 e. The second-order valence-electron chi connectivity index (χ2n) is 8.18. The van der Waals surface area contributed by atoms with Gasteiger partial charge in [-0.15, -0.1) is 16.6 Å². The standard InChI is InChI=1S/C24H31N3O2/c1-6-11-25-15-20-12-17(4)19(13-22(20)16(2)3)14-23-26-27-24(29-23)18-7-9-21(28-5)10-8-18/h1,7-10,12,16,19-20,22,25H,11,13-15H2,2-5H3. The fourth-order valence-corrected chi connectivity index (χ4v) is 4.22. The molecule has 1 aliphatic carbocycles. The van der Waals surface area contributed by atoms with Gasteiger partial charge >= 0.3 is 0 Å². The highest BCUT2D eigenvalue weighted by molar-refractivity contribution is 5.53. The van der Waals surface area contributed by atoms with Crippen LogP contribution in [0.4, 0.5) is 0 Å². The number of rotatable bonds is 8. The number of hydrogen-bond acceptors (Lipinski definition) is 5. The van der Waals surface area contributed by atoms with E-state index in [9.17, 15) is 0 Å². The van der Waals surface area contributed by atoms with Crippen molar-refractivity contribution in [3.05, 3.63) is 41.8 Å². The fourth-order valence-electron chi connectivity index (χ4n) is 4.22. The van der Waals surface area contributed by atoms with Crippen LogP contribution in [0, 0.1) is 36.0 Å². The molecule has 0 amide bonds.